The Bertz CT molecular complexity index is 977. The highest BCUT2D eigenvalue weighted by molar-refractivity contribution is 5.45. The standard InChI is InChI=1S/C31H35NO/c32-25-31(28-15-7-2-8-16-28,29-17-9-3-10-18-29)22-19-27(23-26-13-5-1-6-14-26)24-30(33)20-11-4-12-21-30/h1-3,5-10,13-18,27,33H,4,11-12,19-24H2. The minimum absolute atomic E-state index is 0.329. The number of aliphatic hydroxyl groups is 1. The van der Waals surface area contributed by atoms with E-state index < -0.39 is 11.0 Å². The zero-order valence-corrected chi connectivity index (χ0v) is 19.5. The van der Waals surface area contributed by atoms with Crippen LogP contribution in [0.3, 0.4) is 0 Å². The van der Waals surface area contributed by atoms with E-state index in [9.17, 15) is 10.4 Å². The average Bonchev–Trinajstić information content (AvgIpc) is 2.87. The van der Waals surface area contributed by atoms with Crippen LogP contribution in [0.2, 0.25) is 0 Å². The Balaban J connectivity index is 1.62. The van der Waals surface area contributed by atoms with E-state index in [-0.39, 0.29) is 0 Å². The van der Waals surface area contributed by atoms with Gasteiger partial charge in [0.15, 0.2) is 0 Å². The topological polar surface area (TPSA) is 44.0 Å². The third-order valence-electron chi connectivity index (χ3n) is 7.47. The van der Waals surface area contributed by atoms with Gasteiger partial charge < -0.3 is 5.11 Å². The first-order chi connectivity index (χ1) is 16.1. The second kappa shape index (κ2) is 10.8. The van der Waals surface area contributed by atoms with Gasteiger partial charge in [-0.05, 0) is 61.1 Å². The van der Waals surface area contributed by atoms with Gasteiger partial charge in [-0.3, -0.25) is 0 Å². The quantitative estimate of drug-likeness (QED) is 0.384. The summed E-state index contributed by atoms with van der Waals surface area (Å²) in [5, 5.41) is 21.9. The lowest BCUT2D eigenvalue weighted by Crippen LogP contribution is -2.35. The number of hydrogen-bond donors (Lipinski definition) is 1. The lowest BCUT2D eigenvalue weighted by atomic mass is 9.69. The van der Waals surface area contributed by atoms with Crippen molar-refractivity contribution in [2.45, 2.75) is 68.8 Å². The Labute approximate surface area is 198 Å². The first-order valence-corrected chi connectivity index (χ1v) is 12.4. The molecule has 0 spiro atoms. The van der Waals surface area contributed by atoms with Gasteiger partial charge in [-0.1, -0.05) is 110 Å². The second-order valence-corrected chi connectivity index (χ2v) is 9.83. The highest BCUT2D eigenvalue weighted by Crippen LogP contribution is 2.41. The summed E-state index contributed by atoms with van der Waals surface area (Å²) < 4.78 is 0. The van der Waals surface area contributed by atoms with E-state index in [0.29, 0.717) is 5.92 Å². The summed E-state index contributed by atoms with van der Waals surface area (Å²) in [6, 6.07) is 33.8. The fourth-order valence-electron chi connectivity index (χ4n) is 5.68. The number of nitriles is 1. The van der Waals surface area contributed by atoms with Crippen LogP contribution in [-0.2, 0) is 11.8 Å². The van der Waals surface area contributed by atoms with Gasteiger partial charge in [-0.25, -0.2) is 0 Å². The molecule has 170 valence electrons. The van der Waals surface area contributed by atoms with Crippen molar-refractivity contribution in [3.8, 4) is 6.07 Å². The molecule has 2 heteroatoms. The van der Waals surface area contributed by atoms with E-state index in [1.165, 1.54) is 12.0 Å². The number of benzene rings is 3. The van der Waals surface area contributed by atoms with Crippen molar-refractivity contribution in [3.05, 3.63) is 108 Å². The Hall–Kier alpha value is -2.89. The molecular formula is C31H35NO. The lowest BCUT2D eigenvalue weighted by molar-refractivity contribution is -0.0190. The van der Waals surface area contributed by atoms with Crippen LogP contribution in [0.15, 0.2) is 91.0 Å². The predicted octanol–water partition coefficient (Wildman–Crippen LogP) is 7.22. The summed E-state index contributed by atoms with van der Waals surface area (Å²) >= 11 is 0. The molecule has 0 heterocycles. The average molecular weight is 438 g/mol. The van der Waals surface area contributed by atoms with E-state index >= 15 is 0 Å². The van der Waals surface area contributed by atoms with Gasteiger partial charge in [0, 0.05) is 0 Å². The number of rotatable bonds is 9. The Morgan fingerprint density at radius 2 is 1.30 bits per heavy atom. The molecule has 1 saturated carbocycles. The van der Waals surface area contributed by atoms with Gasteiger partial charge in [0.1, 0.15) is 5.41 Å². The maximum absolute atomic E-state index is 11.4. The Morgan fingerprint density at radius 3 is 1.82 bits per heavy atom. The largest absolute Gasteiger partial charge is 0.390 e. The molecule has 1 aliphatic rings. The minimum Gasteiger partial charge on any atom is -0.390 e. The predicted molar refractivity (Wildman–Crippen MR) is 135 cm³/mol. The smallest absolute Gasteiger partial charge is 0.107 e. The van der Waals surface area contributed by atoms with Crippen molar-refractivity contribution in [2.75, 3.05) is 0 Å². The lowest BCUT2D eigenvalue weighted by Gasteiger charge is -2.36. The van der Waals surface area contributed by atoms with Crippen LogP contribution in [0.1, 0.15) is 68.1 Å². The normalized spacial score (nSPS) is 16.6. The van der Waals surface area contributed by atoms with Gasteiger partial charge in [0.25, 0.3) is 0 Å². The first kappa shape index (κ1) is 23.3. The number of nitrogens with zero attached hydrogens (tertiary/aromatic N) is 1. The van der Waals surface area contributed by atoms with E-state index in [4.69, 9.17) is 0 Å². The zero-order chi connectivity index (χ0) is 23.0. The molecule has 3 aromatic carbocycles. The Morgan fingerprint density at radius 1 is 0.788 bits per heavy atom. The third kappa shape index (κ3) is 5.73. The summed E-state index contributed by atoms with van der Waals surface area (Å²) in [7, 11) is 0. The van der Waals surface area contributed by atoms with Crippen molar-refractivity contribution in [3.63, 3.8) is 0 Å². The molecule has 0 aromatic heterocycles. The molecule has 1 fully saturated rings. The number of hydrogen-bond acceptors (Lipinski definition) is 2. The molecule has 0 radical (unpaired) electrons. The third-order valence-corrected chi connectivity index (χ3v) is 7.47. The van der Waals surface area contributed by atoms with Crippen LogP contribution in [0.5, 0.6) is 0 Å². The van der Waals surface area contributed by atoms with Crippen molar-refractivity contribution >= 4 is 0 Å². The molecule has 33 heavy (non-hydrogen) atoms. The fraction of sp³-hybridized carbons (Fsp3) is 0.387. The summed E-state index contributed by atoms with van der Waals surface area (Å²) in [6.07, 6.45) is 8.65. The maximum Gasteiger partial charge on any atom is 0.107 e. The second-order valence-electron chi connectivity index (χ2n) is 9.83. The summed E-state index contributed by atoms with van der Waals surface area (Å²) in [5.41, 5.74) is 2.16. The van der Waals surface area contributed by atoms with Crippen molar-refractivity contribution in [1.29, 1.82) is 5.26 Å². The molecule has 0 amide bonds. The van der Waals surface area contributed by atoms with Crippen molar-refractivity contribution in [1.82, 2.24) is 0 Å². The van der Waals surface area contributed by atoms with Crippen LogP contribution in [-0.4, -0.2) is 10.7 Å². The molecular weight excluding hydrogens is 402 g/mol. The van der Waals surface area contributed by atoms with Crippen LogP contribution in [0, 0.1) is 17.2 Å². The fourth-order valence-corrected chi connectivity index (χ4v) is 5.68. The van der Waals surface area contributed by atoms with Crippen LogP contribution < -0.4 is 0 Å². The van der Waals surface area contributed by atoms with E-state index in [1.54, 1.807) is 0 Å². The highest BCUT2D eigenvalue weighted by atomic mass is 16.3. The van der Waals surface area contributed by atoms with Gasteiger partial charge in [-0.15, -0.1) is 0 Å². The van der Waals surface area contributed by atoms with Gasteiger partial charge >= 0.3 is 0 Å². The molecule has 1 aliphatic carbocycles. The molecule has 3 aromatic rings. The molecule has 1 unspecified atom stereocenters. The van der Waals surface area contributed by atoms with E-state index in [1.807, 2.05) is 36.4 Å². The molecule has 0 aliphatic heterocycles. The van der Waals surface area contributed by atoms with Crippen LogP contribution in [0.4, 0.5) is 0 Å². The maximum atomic E-state index is 11.4. The van der Waals surface area contributed by atoms with Gasteiger partial charge in [0.2, 0.25) is 0 Å². The van der Waals surface area contributed by atoms with Crippen molar-refractivity contribution < 1.29 is 5.11 Å². The van der Waals surface area contributed by atoms with Crippen LogP contribution in [0.25, 0.3) is 0 Å². The van der Waals surface area contributed by atoms with Crippen LogP contribution >= 0.6 is 0 Å². The molecule has 0 bridgehead atoms. The summed E-state index contributed by atoms with van der Waals surface area (Å²) in [6.45, 7) is 0. The monoisotopic (exact) mass is 437 g/mol. The van der Waals surface area contributed by atoms with Gasteiger partial charge in [0.05, 0.1) is 11.7 Å². The molecule has 1 atom stereocenters. The molecule has 4 rings (SSSR count). The van der Waals surface area contributed by atoms with Gasteiger partial charge in [-0.2, -0.15) is 5.26 Å². The zero-order valence-electron chi connectivity index (χ0n) is 19.5. The molecule has 1 N–H and O–H groups in total. The minimum atomic E-state index is -0.688. The van der Waals surface area contributed by atoms with Crippen molar-refractivity contribution in [2.24, 2.45) is 5.92 Å². The summed E-state index contributed by atoms with van der Waals surface area (Å²) in [5.74, 6) is 0.329. The first-order valence-electron chi connectivity index (χ1n) is 12.4. The van der Waals surface area contributed by atoms with E-state index in [2.05, 4.69) is 60.7 Å². The SMILES string of the molecule is N#CC(CCC(Cc1ccccc1)CC1(O)CCCCC1)(c1ccccc1)c1ccccc1. The molecule has 2 nitrogen and oxygen atoms in total. The Kier molecular flexibility index (Phi) is 7.63. The highest BCUT2D eigenvalue weighted by Gasteiger charge is 2.37. The molecule has 0 saturated heterocycles. The summed E-state index contributed by atoms with van der Waals surface area (Å²) in [4.78, 5) is 0. The van der Waals surface area contributed by atoms with E-state index in [0.717, 1.165) is 62.5 Å².